The van der Waals surface area contributed by atoms with Gasteiger partial charge in [0.15, 0.2) is 11.5 Å². The van der Waals surface area contributed by atoms with Crippen molar-refractivity contribution in [1.82, 2.24) is 5.32 Å². The lowest BCUT2D eigenvalue weighted by Crippen LogP contribution is -2.40. The molecule has 1 aromatic rings. The van der Waals surface area contributed by atoms with E-state index in [0.717, 1.165) is 5.56 Å². The molecule has 6 heteroatoms. The molecule has 0 amide bonds. The number of rotatable bonds is 9. The van der Waals surface area contributed by atoms with E-state index in [2.05, 4.69) is 5.32 Å². The fraction of sp³-hybridized carbons (Fsp3) is 0.562. The maximum Gasteiger partial charge on any atom is 0.320 e. The highest BCUT2D eigenvalue weighted by molar-refractivity contribution is 6.32. The molecule has 0 aliphatic rings. The summed E-state index contributed by atoms with van der Waals surface area (Å²) in [6.45, 7) is 8.87. The second-order valence-corrected chi connectivity index (χ2v) is 5.62. The normalized spacial score (nSPS) is 12.3. The maximum atomic E-state index is 11.2. The number of carbonyl (C=O) groups is 1. The summed E-state index contributed by atoms with van der Waals surface area (Å²) in [4.78, 5) is 11.2. The summed E-state index contributed by atoms with van der Waals surface area (Å²) in [5.41, 5.74) is 0.851. The van der Waals surface area contributed by atoms with E-state index in [1.54, 1.807) is 6.07 Å². The van der Waals surface area contributed by atoms with Crippen molar-refractivity contribution in [2.45, 2.75) is 40.3 Å². The average molecular weight is 330 g/mol. The zero-order valence-electron chi connectivity index (χ0n) is 13.5. The van der Waals surface area contributed by atoms with Gasteiger partial charge in [-0.05, 0) is 37.5 Å². The van der Waals surface area contributed by atoms with Gasteiger partial charge in [0.25, 0.3) is 0 Å². The van der Waals surface area contributed by atoms with E-state index < -0.39 is 12.0 Å². The molecule has 5 nitrogen and oxygen atoms in total. The van der Waals surface area contributed by atoms with Gasteiger partial charge in [0.1, 0.15) is 6.04 Å². The Morgan fingerprint density at radius 1 is 1.27 bits per heavy atom. The number of carboxylic acids is 1. The molecule has 0 bridgehead atoms. The predicted octanol–water partition coefficient (Wildman–Crippen LogP) is 3.34. The van der Waals surface area contributed by atoms with E-state index in [0.29, 0.717) is 36.3 Å². The molecule has 0 aliphatic heterocycles. The highest BCUT2D eigenvalue weighted by atomic mass is 35.5. The van der Waals surface area contributed by atoms with Crippen LogP contribution in [-0.4, -0.2) is 30.3 Å². The molecule has 1 atom stereocenters. The van der Waals surface area contributed by atoms with Crippen LogP contribution in [0.25, 0.3) is 0 Å². The summed E-state index contributed by atoms with van der Waals surface area (Å²) in [7, 11) is 0. The zero-order valence-corrected chi connectivity index (χ0v) is 14.2. The smallest absolute Gasteiger partial charge is 0.320 e. The molecule has 124 valence electrons. The van der Waals surface area contributed by atoms with Gasteiger partial charge in [-0.15, -0.1) is 0 Å². The summed E-state index contributed by atoms with van der Waals surface area (Å²) in [5.74, 6) is 0.220. The highest BCUT2D eigenvalue weighted by Gasteiger charge is 2.21. The summed E-state index contributed by atoms with van der Waals surface area (Å²) >= 11 is 6.24. The number of benzene rings is 1. The third-order valence-corrected chi connectivity index (χ3v) is 3.40. The second-order valence-electron chi connectivity index (χ2n) is 5.21. The number of nitrogens with one attached hydrogen (secondary N) is 1. The fourth-order valence-electron chi connectivity index (χ4n) is 2.11. The zero-order chi connectivity index (χ0) is 16.7. The van der Waals surface area contributed by atoms with Crippen molar-refractivity contribution in [3.05, 3.63) is 22.7 Å². The van der Waals surface area contributed by atoms with Crippen LogP contribution >= 0.6 is 11.6 Å². The number of carboxylic acid groups (broad SMARTS) is 1. The number of ether oxygens (including phenoxy) is 2. The van der Waals surface area contributed by atoms with Crippen molar-refractivity contribution in [2.75, 3.05) is 13.2 Å². The first-order valence-corrected chi connectivity index (χ1v) is 7.82. The minimum absolute atomic E-state index is 0.0120. The molecule has 1 aromatic carbocycles. The summed E-state index contributed by atoms with van der Waals surface area (Å²) in [5, 5.41) is 12.7. The number of aliphatic carboxylic acids is 1. The van der Waals surface area contributed by atoms with Crippen LogP contribution in [0.15, 0.2) is 12.1 Å². The molecule has 22 heavy (non-hydrogen) atoms. The molecular formula is C16H24ClNO4. The Bertz CT molecular complexity index is 505. The summed E-state index contributed by atoms with van der Waals surface area (Å²) < 4.78 is 11.1. The van der Waals surface area contributed by atoms with Crippen LogP contribution in [0.3, 0.4) is 0 Å². The molecule has 0 aliphatic carbocycles. The lowest BCUT2D eigenvalue weighted by atomic mass is 10.0. The predicted molar refractivity (Wildman–Crippen MR) is 86.9 cm³/mol. The molecule has 0 saturated carbocycles. The molecule has 0 spiro atoms. The minimum atomic E-state index is -0.864. The van der Waals surface area contributed by atoms with Crippen molar-refractivity contribution in [3.63, 3.8) is 0 Å². The standard InChI is InChI=1S/C16H24ClNO4/c1-5-21-13-8-11(7-12(17)15(13)22-6-2)9-18-14(10(3)4)16(19)20/h7-8,10,14,18H,5-6,9H2,1-4H3,(H,19,20). The van der Waals surface area contributed by atoms with Crippen LogP contribution in [-0.2, 0) is 11.3 Å². The Labute approximate surface area is 136 Å². The van der Waals surface area contributed by atoms with Gasteiger partial charge in [-0.3, -0.25) is 4.79 Å². The molecular weight excluding hydrogens is 306 g/mol. The van der Waals surface area contributed by atoms with Crippen LogP contribution in [0, 0.1) is 5.92 Å². The number of hydrogen-bond donors (Lipinski definition) is 2. The Balaban J connectivity index is 2.93. The van der Waals surface area contributed by atoms with Crippen molar-refractivity contribution >= 4 is 17.6 Å². The SMILES string of the molecule is CCOc1cc(CNC(C(=O)O)C(C)C)cc(Cl)c1OCC. The Hall–Kier alpha value is -1.46. The van der Waals surface area contributed by atoms with Gasteiger partial charge in [0.05, 0.1) is 18.2 Å². The first-order chi connectivity index (χ1) is 10.4. The Morgan fingerprint density at radius 2 is 1.91 bits per heavy atom. The first kappa shape index (κ1) is 18.6. The topological polar surface area (TPSA) is 67.8 Å². The lowest BCUT2D eigenvalue weighted by Gasteiger charge is -2.19. The average Bonchev–Trinajstić information content (AvgIpc) is 2.42. The van der Waals surface area contributed by atoms with Gasteiger partial charge in [-0.1, -0.05) is 25.4 Å². The van der Waals surface area contributed by atoms with Gasteiger partial charge >= 0.3 is 5.97 Å². The highest BCUT2D eigenvalue weighted by Crippen LogP contribution is 2.36. The van der Waals surface area contributed by atoms with E-state index in [9.17, 15) is 9.90 Å². The molecule has 1 unspecified atom stereocenters. The van der Waals surface area contributed by atoms with E-state index in [4.69, 9.17) is 21.1 Å². The van der Waals surface area contributed by atoms with E-state index >= 15 is 0 Å². The van der Waals surface area contributed by atoms with Crippen molar-refractivity contribution < 1.29 is 19.4 Å². The molecule has 0 fully saturated rings. The monoisotopic (exact) mass is 329 g/mol. The van der Waals surface area contributed by atoms with Crippen LogP contribution in [0.2, 0.25) is 5.02 Å². The van der Waals surface area contributed by atoms with Crippen LogP contribution in [0.1, 0.15) is 33.3 Å². The lowest BCUT2D eigenvalue weighted by molar-refractivity contribution is -0.140. The minimum Gasteiger partial charge on any atom is -0.490 e. The Kier molecular flexibility index (Phi) is 7.48. The quantitative estimate of drug-likeness (QED) is 0.727. The number of hydrogen-bond acceptors (Lipinski definition) is 4. The fourth-order valence-corrected chi connectivity index (χ4v) is 2.39. The molecule has 2 N–H and O–H groups in total. The van der Waals surface area contributed by atoms with Gasteiger partial charge in [0, 0.05) is 6.54 Å². The van der Waals surface area contributed by atoms with E-state index in [1.807, 2.05) is 33.8 Å². The van der Waals surface area contributed by atoms with E-state index in [1.165, 1.54) is 0 Å². The molecule has 0 heterocycles. The molecule has 0 aromatic heterocycles. The Morgan fingerprint density at radius 3 is 2.41 bits per heavy atom. The van der Waals surface area contributed by atoms with Gasteiger partial charge in [-0.2, -0.15) is 0 Å². The second kappa shape index (κ2) is 8.86. The van der Waals surface area contributed by atoms with Crippen molar-refractivity contribution in [3.8, 4) is 11.5 Å². The molecule has 0 saturated heterocycles. The van der Waals surface area contributed by atoms with Gasteiger partial charge < -0.3 is 19.9 Å². The summed E-state index contributed by atoms with van der Waals surface area (Å²) in [6, 6.07) is 2.98. The van der Waals surface area contributed by atoms with Crippen molar-refractivity contribution in [2.24, 2.45) is 5.92 Å². The van der Waals surface area contributed by atoms with Crippen LogP contribution in [0.5, 0.6) is 11.5 Å². The molecule has 0 radical (unpaired) electrons. The van der Waals surface area contributed by atoms with Crippen LogP contribution in [0.4, 0.5) is 0 Å². The van der Waals surface area contributed by atoms with Gasteiger partial charge in [0.2, 0.25) is 0 Å². The third kappa shape index (κ3) is 5.07. The third-order valence-electron chi connectivity index (χ3n) is 3.12. The van der Waals surface area contributed by atoms with Crippen LogP contribution < -0.4 is 14.8 Å². The van der Waals surface area contributed by atoms with Crippen molar-refractivity contribution in [1.29, 1.82) is 0 Å². The maximum absolute atomic E-state index is 11.2. The first-order valence-electron chi connectivity index (χ1n) is 7.44. The summed E-state index contributed by atoms with van der Waals surface area (Å²) in [6.07, 6.45) is 0. The van der Waals surface area contributed by atoms with E-state index in [-0.39, 0.29) is 5.92 Å². The van der Waals surface area contributed by atoms with Gasteiger partial charge in [-0.25, -0.2) is 0 Å². The molecule has 1 rings (SSSR count). The largest absolute Gasteiger partial charge is 0.490 e. The number of halogens is 1.